The van der Waals surface area contributed by atoms with E-state index in [1.807, 2.05) is 48.5 Å². The van der Waals surface area contributed by atoms with Gasteiger partial charge >= 0.3 is 12.4 Å². The average molecular weight is 617 g/mol. The van der Waals surface area contributed by atoms with Crippen LogP contribution in [0.3, 0.4) is 0 Å². The maximum absolute atomic E-state index is 14.1. The molecule has 4 rings (SSSR count). The lowest BCUT2D eigenvalue weighted by molar-refractivity contribution is -0.291. The Morgan fingerprint density at radius 1 is 0.698 bits per heavy atom. The Morgan fingerprint density at radius 3 is 1.49 bits per heavy atom. The molecule has 5 nitrogen and oxygen atoms in total. The fourth-order valence-corrected chi connectivity index (χ4v) is 6.35. The highest BCUT2D eigenvalue weighted by atomic mass is 19.4. The third-order valence-electron chi connectivity index (χ3n) is 8.43. The summed E-state index contributed by atoms with van der Waals surface area (Å²) < 4.78 is 100. The molecule has 0 saturated carbocycles. The Bertz CT molecular complexity index is 1060. The number of ether oxygens (including phenoxy) is 3. The van der Waals surface area contributed by atoms with Crippen molar-refractivity contribution in [3.8, 4) is 11.5 Å². The van der Waals surface area contributed by atoms with E-state index >= 15 is 0 Å². The van der Waals surface area contributed by atoms with E-state index in [1.54, 1.807) is 24.0 Å². The van der Waals surface area contributed by atoms with Crippen LogP contribution in [0.2, 0.25) is 0 Å². The topological polar surface area (TPSA) is 34.2 Å². The molecule has 240 valence electrons. The Kier molecular flexibility index (Phi) is 11.6. The number of rotatable bonds is 12. The third kappa shape index (κ3) is 10.3. The zero-order valence-electron chi connectivity index (χ0n) is 24.8. The first-order chi connectivity index (χ1) is 20.4. The van der Waals surface area contributed by atoms with Gasteiger partial charge in [0.05, 0.1) is 14.2 Å². The van der Waals surface area contributed by atoms with Gasteiger partial charge in [0.15, 0.2) is 12.2 Å². The van der Waals surface area contributed by atoms with Crippen molar-refractivity contribution >= 4 is 0 Å². The van der Waals surface area contributed by atoms with Crippen LogP contribution in [0.25, 0.3) is 0 Å². The maximum Gasteiger partial charge on any atom is 0.415 e. The minimum absolute atomic E-state index is 0.0861. The first kappa shape index (κ1) is 33.4. The van der Waals surface area contributed by atoms with Crippen molar-refractivity contribution in [2.24, 2.45) is 11.8 Å². The molecular weight excluding hydrogens is 574 g/mol. The normalized spacial score (nSPS) is 22.2. The van der Waals surface area contributed by atoms with Gasteiger partial charge in [-0.25, -0.2) is 0 Å². The van der Waals surface area contributed by atoms with Gasteiger partial charge < -0.3 is 24.0 Å². The van der Waals surface area contributed by atoms with Gasteiger partial charge in [-0.05, 0) is 98.8 Å². The van der Waals surface area contributed by atoms with Gasteiger partial charge in [-0.2, -0.15) is 26.3 Å². The molecule has 2 aliphatic rings. The molecule has 2 aromatic rings. The van der Waals surface area contributed by atoms with Crippen LogP contribution in [0.5, 0.6) is 11.5 Å². The van der Waals surface area contributed by atoms with Crippen LogP contribution in [-0.4, -0.2) is 87.8 Å². The highest BCUT2D eigenvalue weighted by Crippen LogP contribution is 2.33. The minimum Gasteiger partial charge on any atom is -0.497 e. The average Bonchev–Trinajstić information content (AvgIpc) is 2.96. The third-order valence-corrected chi connectivity index (χ3v) is 8.43. The monoisotopic (exact) mass is 616 g/mol. The highest BCUT2D eigenvalue weighted by molar-refractivity contribution is 5.29. The highest BCUT2D eigenvalue weighted by Gasteiger charge is 2.50. The number of halogens is 6. The summed E-state index contributed by atoms with van der Waals surface area (Å²) in [6.45, 7) is 0.259. The standard InChI is InChI=1S/C32H42F6N2O3/c1-41-27-11-3-7-23(17-27)15-25-9-5-13-39(19-25)21-29(31(33,34)35)43-30(32(36,37)38)22-40-14-6-10-26(20-40)16-24-8-4-12-28(18-24)42-2/h3-4,7-8,11-12,17-18,25-26,29-30H,5-6,9-10,13-16,19-22H2,1-2H3/t25?,26?,29-,30-/m0/s1. The number of nitrogens with zero attached hydrogens (tertiary/aromatic N) is 2. The van der Waals surface area contributed by atoms with E-state index in [0.717, 1.165) is 24.0 Å². The SMILES string of the molecule is COc1cccc(CC2CCCN(C[C@H](O[C@@H](CN3CCCC(Cc4cccc(OC)c4)C3)C(F)(F)F)C(F)(F)F)C2)c1. The molecule has 0 bridgehead atoms. The van der Waals surface area contributed by atoms with Gasteiger partial charge in [-0.15, -0.1) is 0 Å². The summed E-state index contributed by atoms with van der Waals surface area (Å²) in [7, 11) is 3.14. The fraction of sp³-hybridized carbons (Fsp3) is 0.625. The predicted molar refractivity (Wildman–Crippen MR) is 152 cm³/mol. The second-order valence-electron chi connectivity index (χ2n) is 11.8. The molecule has 2 aromatic carbocycles. The zero-order valence-corrected chi connectivity index (χ0v) is 24.8. The lowest BCUT2D eigenvalue weighted by atomic mass is 9.91. The van der Waals surface area contributed by atoms with Crippen LogP contribution in [0.1, 0.15) is 36.8 Å². The van der Waals surface area contributed by atoms with Gasteiger partial charge in [0.2, 0.25) is 0 Å². The number of methoxy groups -OCH3 is 2. The Labute approximate surface area is 250 Å². The molecule has 43 heavy (non-hydrogen) atoms. The molecule has 0 spiro atoms. The molecule has 2 heterocycles. The molecule has 2 unspecified atom stereocenters. The zero-order chi connectivity index (χ0) is 31.0. The van der Waals surface area contributed by atoms with Crippen LogP contribution in [0, 0.1) is 11.8 Å². The molecule has 0 aliphatic carbocycles. The number of piperidine rings is 2. The van der Waals surface area contributed by atoms with Crippen molar-refractivity contribution in [1.29, 1.82) is 0 Å². The quantitative estimate of drug-likeness (QED) is 0.246. The number of benzene rings is 2. The largest absolute Gasteiger partial charge is 0.497 e. The summed E-state index contributed by atoms with van der Waals surface area (Å²) in [5.74, 6) is 1.58. The van der Waals surface area contributed by atoms with Crippen molar-refractivity contribution in [2.75, 3.05) is 53.5 Å². The van der Waals surface area contributed by atoms with Crippen LogP contribution >= 0.6 is 0 Å². The lowest BCUT2D eigenvalue weighted by Crippen LogP contribution is -2.53. The second kappa shape index (κ2) is 15.0. The van der Waals surface area contributed by atoms with Gasteiger partial charge in [-0.3, -0.25) is 0 Å². The van der Waals surface area contributed by atoms with Crippen LogP contribution in [0.4, 0.5) is 26.3 Å². The summed E-state index contributed by atoms with van der Waals surface area (Å²) in [6.07, 6.45) is -10.6. The van der Waals surface area contributed by atoms with Crippen LogP contribution in [-0.2, 0) is 17.6 Å². The van der Waals surface area contributed by atoms with E-state index in [-0.39, 0.29) is 11.8 Å². The van der Waals surface area contributed by atoms with Crippen molar-refractivity contribution in [3.63, 3.8) is 0 Å². The van der Waals surface area contributed by atoms with E-state index in [1.165, 1.54) is 0 Å². The number of likely N-dealkylation sites (tertiary alicyclic amines) is 2. The summed E-state index contributed by atoms with van der Waals surface area (Å²) in [4.78, 5) is 3.20. The molecule has 0 radical (unpaired) electrons. The number of hydrogen-bond acceptors (Lipinski definition) is 5. The summed E-state index contributed by atoms with van der Waals surface area (Å²) in [6, 6.07) is 15.1. The van der Waals surface area contributed by atoms with Crippen molar-refractivity contribution in [2.45, 2.75) is 63.1 Å². The van der Waals surface area contributed by atoms with Crippen molar-refractivity contribution in [3.05, 3.63) is 59.7 Å². The Hall–Kier alpha value is -2.50. The van der Waals surface area contributed by atoms with Gasteiger partial charge in [0.1, 0.15) is 11.5 Å². The van der Waals surface area contributed by atoms with Gasteiger partial charge in [0, 0.05) is 26.2 Å². The summed E-state index contributed by atoms with van der Waals surface area (Å²) in [5.41, 5.74) is 2.02. The number of hydrogen-bond donors (Lipinski definition) is 0. The molecule has 2 aliphatic heterocycles. The van der Waals surface area contributed by atoms with E-state index in [4.69, 9.17) is 14.2 Å². The summed E-state index contributed by atoms with van der Waals surface area (Å²) >= 11 is 0. The van der Waals surface area contributed by atoms with Gasteiger partial charge in [-0.1, -0.05) is 24.3 Å². The molecule has 11 heteroatoms. The molecular formula is C32H42F6N2O3. The second-order valence-corrected chi connectivity index (χ2v) is 11.8. The number of alkyl halides is 6. The smallest absolute Gasteiger partial charge is 0.415 e. The van der Waals surface area contributed by atoms with E-state index < -0.39 is 37.7 Å². The Morgan fingerprint density at radius 2 is 1.12 bits per heavy atom. The van der Waals surface area contributed by atoms with E-state index in [9.17, 15) is 26.3 Å². The minimum atomic E-state index is -4.93. The Balaban J connectivity index is 1.38. The molecule has 0 N–H and O–H groups in total. The van der Waals surface area contributed by atoms with Crippen LogP contribution < -0.4 is 9.47 Å². The predicted octanol–water partition coefficient (Wildman–Crippen LogP) is 6.79. The van der Waals surface area contributed by atoms with Crippen molar-refractivity contribution < 1.29 is 40.6 Å². The van der Waals surface area contributed by atoms with E-state index in [2.05, 4.69) is 0 Å². The fourth-order valence-electron chi connectivity index (χ4n) is 6.35. The first-order valence-electron chi connectivity index (χ1n) is 14.9. The van der Waals surface area contributed by atoms with E-state index in [0.29, 0.717) is 63.4 Å². The lowest BCUT2D eigenvalue weighted by Gasteiger charge is -2.39. The van der Waals surface area contributed by atoms with Crippen LogP contribution in [0.15, 0.2) is 48.5 Å². The molecule has 2 saturated heterocycles. The van der Waals surface area contributed by atoms with Gasteiger partial charge in [0.25, 0.3) is 0 Å². The summed E-state index contributed by atoms with van der Waals surface area (Å²) in [5, 5.41) is 0. The molecule has 4 atom stereocenters. The maximum atomic E-state index is 14.1. The molecule has 0 amide bonds. The first-order valence-corrected chi connectivity index (χ1v) is 14.9. The molecule has 0 aromatic heterocycles. The molecule has 2 fully saturated rings. The van der Waals surface area contributed by atoms with Crippen molar-refractivity contribution in [1.82, 2.24) is 9.80 Å².